The molecule has 116 valence electrons. The van der Waals surface area contributed by atoms with Gasteiger partial charge in [-0.2, -0.15) is 0 Å². The van der Waals surface area contributed by atoms with E-state index in [-0.39, 0.29) is 24.3 Å². The Morgan fingerprint density at radius 2 is 2.14 bits per heavy atom. The topological polar surface area (TPSA) is 78.6 Å². The second-order valence-corrected chi connectivity index (χ2v) is 5.48. The molecule has 1 fully saturated rings. The Kier molecular flexibility index (Phi) is 5.67. The smallest absolute Gasteiger partial charge is 0.234 e. The number of β-amino-alcohol motifs (C(OH)–C–C–N with tert-alkyl or cyclic N) is 1. The van der Waals surface area contributed by atoms with Gasteiger partial charge < -0.3 is 16.2 Å². The molecule has 1 aromatic rings. The number of hydrogen-bond acceptors (Lipinski definition) is 4. The summed E-state index contributed by atoms with van der Waals surface area (Å²) in [5.74, 6) is -0.329. The van der Waals surface area contributed by atoms with E-state index in [1.807, 2.05) is 4.90 Å². The van der Waals surface area contributed by atoms with Crippen LogP contribution in [0.4, 0.5) is 4.39 Å². The fourth-order valence-corrected chi connectivity index (χ4v) is 2.42. The summed E-state index contributed by atoms with van der Waals surface area (Å²) in [5.41, 5.74) is 6.71. The van der Waals surface area contributed by atoms with E-state index in [0.717, 1.165) is 12.1 Å². The van der Waals surface area contributed by atoms with Crippen molar-refractivity contribution in [3.63, 3.8) is 0 Å². The van der Waals surface area contributed by atoms with E-state index in [0.29, 0.717) is 25.9 Å². The molecule has 2 rings (SSSR count). The van der Waals surface area contributed by atoms with Crippen LogP contribution in [-0.2, 0) is 11.2 Å². The Bertz CT molecular complexity index is 466. The summed E-state index contributed by atoms with van der Waals surface area (Å²) < 4.78 is 12.8. The average molecular weight is 295 g/mol. The van der Waals surface area contributed by atoms with Crippen molar-refractivity contribution in [2.45, 2.75) is 25.0 Å². The molecular formula is C15H22FN3O2. The molecule has 5 nitrogen and oxygen atoms in total. The molecule has 1 aliphatic rings. The highest BCUT2D eigenvalue weighted by Crippen LogP contribution is 2.08. The molecule has 1 amide bonds. The summed E-state index contributed by atoms with van der Waals surface area (Å²) in [7, 11) is 0. The number of nitrogens with one attached hydrogen (secondary N) is 1. The second kappa shape index (κ2) is 7.49. The van der Waals surface area contributed by atoms with E-state index < -0.39 is 6.10 Å². The standard InChI is InChI=1S/C15H22FN3O2/c16-12-3-1-11(2-4-12)5-7-18-15(21)10-19-8-6-13(17)14(20)9-19/h1-4,13-14,20H,5-10,17H2,(H,18,21)/t13-,14-/m1/s1. The molecule has 0 aromatic heterocycles. The number of nitrogens with two attached hydrogens (primary N) is 1. The van der Waals surface area contributed by atoms with E-state index in [4.69, 9.17) is 5.73 Å². The zero-order valence-electron chi connectivity index (χ0n) is 12.0. The molecule has 1 saturated heterocycles. The third-order valence-electron chi connectivity index (χ3n) is 3.73. The molecule has 1 heterocycles. The van der Waals surface area contributed by atoms with Gasteiger partial charge in [0.2, 0.25) is 5.91 Å². The number of aliphatic hydroxyl groups is 1. The van der Waals surface area contributed by atoms with E-state index in [1.165, 1.54) is 12.1 Å². The number of carbonyl (C=O) groups is 1. The van der Waals surface area contributed by atoms with Gasteiger partial charge >= 0.3 is 0 Å². The minimum Gasteiger partial charge on any atom is -0.390 e. The molecule has 0 aliphatic carbocycles. The highest BCUT2D eigenvalue weighted by molar-refractivity contribution is 5.78. The van der Waals surface area contributed by atoms with Crippen LogP contribution in [0.2, 0.25) is 0 Å². The first-order valence-corrected chi connectivity index (χ1v) is 7.22. The minimum absolute atomic E-state index is 0.0696. The third kappa shape index (κ3) is 5.08. The highest BCUT2D eigenvalue weighted by Gasteiger charge is 2.25. The number of hydrogen-bond donors (Lipinski definition) is 3. The number of carbonyl (C=O) groups excluding carboxylic acids is 1. The zero-order valence-corrected chi connectivity index (χ0v) is 12.0. The van der Waals surface area contributed by atoms with E-state index >= 15 is 0 Å². The summed E-state index contributed by atoms with van der Waals surface area (Å²) in [6.07, 6.45) is 0.801. The largest absolute Gasteiger partial charge is 0.390 e. The van der Waals surface area contributed by atoms with Gasteiger partial charge in [-0.1, -0.05) is 12.1 Å². The minimum atomic E-state index is -0.564. The summed E-state index contributed by atoms with van der Waals surface area (Å²) in [5, 5.41) is 12.5. The molecule has 0 spiro atoms. The van der Waals surface area contributed by atoms with Crippen molar-refractivity contribution in [3.05, 3.63) is 35.6 Å². The lowest BCUT2D eigenvalue weighted by Crippen LogP contribution is -2.52. The zero-order chi connectivity index (χ0) is 15.2. The average Bonchev–Trinajstić information content (AvgIpc) is 2.45. The van der Waals surface area contributed by atoms with Crippen molar-refractivity contribution in [1.82, 2.24) is 10.2 Å². The molecule has 1 aliphatic heterocycles. The molecule has 6 heteroatoms. The summed E-state index contributed by atoms with van der Waals surface area (Å²) in [6, 6.07) is 6.06. The lowest BCUT2D eigenvalue weighted by Gasteiger charge is -2.33. The van der Waals surface area contributed by atoms with Crippen molar-refractivity contribution in [2.24, 2.45) is 5.73 Å². The Morgan fingerprint density at radius 1 is 1.43 bits per heavy atom. The number of likely N-dealkylation sites (tertiary alicyclic amines) is 1. The van der Waals surface area contributed by atoms with Gasteiger partial charge in [-0.05, 0) is 30.5 Å². The lowest BCUT2D eigenvalue weighted by atomic mass is 10.0. The molecule has 1 aromatic carbocycles. The van der Waals surface area contributed by atoms with Gasteiger partial charge in [0.25, 0.3) is 0 Å². The Labute approximate surface area is 123 Å². The molecule has 21 heavy (non-hydrogen) atoms. The monoisotopic (exact) mass is 295 g/mol. The molecule has 0 unspecified atom stereocenters. The number of halogens is 1. The molecule has 0 radical (unpaired) electrons. The van der Waals surface area contributed by atoms with Gasteiger partial charge in [-0.25, -0.2) is 4.39 Å². The fourth-order valence-electron chi connectivity index (χ4n) is 2.42. The van der Waals surface area contributed by atoms with Crippen LogP contribution in [0.25, 0.3) is 0 Å². The van der Waals surface area contributed by atoms with Crippen molar-refractivity contribution < 1.29 is 14.3 Å². The second-order valence-electron chi connectivity index (χ2n) is 5.48. The number of amides is 1. The quantitative estimate of drug-likeness (QED) is 0.707. The van der Waals surface area contributed by atoms with Crippen LogP contribution in [-0.4, -0.2) is 54.2 Å². The normalized spacial score (nSPS) is 23.0. The number of nitrogens with zero attached hydrogens (tertiary/aromatic N) is 1. The fraction of sp³-hybridized carbons (Fsp3) is 0.533. The number of benzene rings is 1. The predicted octanol–water partition coefficient (Wildman–Crippen LogP) is -0.122. The van der Waals surface area contributed by atoms with Crippen LogP contribution >= 0.6 is 0 Å². The molecular weight excluding hydrogens is 273 g/mol. The first-order valence-electron chi connectivity index (χ1n) is 7.22. The van der Waals surface area contributed by atoms with Gasteiger partial charge in [-0.3, -0.25) is 9.69 Å². The summed E-state index contributed by atoms with van der Waals surface area (Å²) in [4.78, 5) is 13.7. The Hall–Kier alpha value is -1.50. The Balaban J connectivity index is 1.67. The van der Waals surface area contributed by atoms with Gasteiger partial charge in [0.15, 0.2) is 0 Å². The van der Waals surface area contributed by atoms with E-state index in [2.05, 4.69) is 5.32 Å². The Morgan fingerprint density at radius 3 is 2.81 bits per heavy atom. The van der Waals surface area contributed by atoms with Gasteiger partial charge in [-0.15, -0.1) is 0 Å². The number of piperidine rings is 1. The van der Waals surface area contributed by atoms with Gasteiger partial charge in [0.05, 0.1) is 12.6 Å². The van der Waals surface area contributed by atoms with Crippen molar-refractivity contribution in [3.8, 4) is 0 Å². The summed E-state index contributed by atoms with van der Waals surface area (Å²) in [6.45, 7) is 1.95. The van der Waals surface area contributed by atoms with Crippen molar-refractivity contribution >= 4 is 5.91 Å². The first kappa shape index (κ1) is 15.9. The van der Waals surface area contributed by atoms with Crippen LogP contribution in [0.15, 0.2) is 24.3 Å². The molecule has 2 atom stereocenters. The molecule has 0 saturated carbocycles. The number of rotatable bonds is 5. The van der Waals surface area contributed by atoms with Gasteiger partial charge in [0.1, 0.15) is 5.82 Å². The lowest BCUT2D eigenvalue weighted by molar-refractivity contribution is -0.123. The SMILES string of the molecule is N[C@@H]1CCN(CC(=O)NCCc2ccc(F)cc2)C[C@H]1O. The maximum atomic E-state index is 12.8. The number of aliphatic hydroxyl groups excluding tert-OH is 1. The van der Waals surface area contributed by atoms with Crippen LogP contribution in [0, 0.1) is 5.82 Å². The predicted molar refractivity (Wildman–Crippen MR) is 78.2 cm³/mol. The third-order valence-corrected chi connectivity index (χ3v) is 3.73. The van der Waals surface area contributed by atoms with Crippen LogP contribution in [0.5, 0.6) is 0 Å². The van der Waals surface area contributed by atoms with Crippen LogP contribution in [0.1, 0.15) is 12.0 Å². The van der Waals surface area contributed by atoms with Crippen LogP contribution < -0.4 is 11.1 Å². The highest BCUT2D eigenvalue weighted by atomic mass is 19.1. The molecule has 0 bridgehead atoms. The van der Waals surface area contributed by atoms with Crippen molar-refractivity contribution in [1.29, 1.82) is 0 Å². The van der Waals surface area contributed by atoms with Gasteiger partial charge in [0, 0.05) is 25.7 Å². The first-order chi connectivity index (χ1) is 10.0. The van der Waals surface area contributed by atoms with E-state index in [1.54, 1.807) is 12.1 Å². The molecule has 4 N–H and O–H groups in total. The summed E-state index contributed by atoms with van der Waals surface area (Å²) >= 11 is 0. The van der Waals surface area contributed by atoms with Crippen LogP contribution in [0.3, 0.4) is 0 Å². The van der Waals surface area contributed by atoms with Crippen molar-refractivity contribution in [2.75, 3.05) is 26.2 Å². The van der Waals surface area contributed by atoms with E-state index in [9.17, 15) is 14.3 Å². The maximum Gasteiger partial charge on any atom is 0.234 e. The maximum absolute atomic E-state index is 12.8.